The third-order valence-electron chi connectivity index (χ3n) is 1.58. The topological polar surface area (TPSA) is 77.5 Å². The maximum absolute atomic E-state index is 11.4. The zero-order valence-electron chi connectivity index (χ0n) is 7.95. The van der Waals surface area contributed by atoms with Crippen LogP contribution in [0.25, 0.3) is 0 Å². The lowest BCUT2D eigenvalue weighted by molar-refractivity contribution is 0.462. The molecule has 1 aromatic rings. The Balaban J connectivity index is 3.07. The smallest absolute Gasteiger partial charge is 0.198 e. The first kappa shape index (κ1) is 12.2. The predicted molar refractivity (Wildman–Crippen MR) is 54.2 cm³/mol. The summed E-state index contributed by atoms with van der Waals surface area (Å²) >= 11 is 0. The van der Waals surface area contributed by atoms with Gasteiger partial charge in [0, 0.05) is 0 Å². The average Bonchev–Trinajstić information content (AvgIpc) is 2.18. The van der Waals surface area contributed by atoms with Crippen molar-refractivity contribution >= 4 is 20.2 Å². The van der Waals surface area contributed by atoms with Crippen molar-refractivity contribution in [1.82, 2.24) is 0 Å². The molecule has 5 nitrogen and oxygen atoms in total. The van der Waals surface area contributed by atoms with Crippen LogP contribution in [0.5, 0.6) is 0 Å². The van der Waals surface area contributed by atoms with E-state index in [0.717, 1.165) is 0 Å². The second-order valence-electron chi connectivity index (χ2n) is 2.68. The Morgan fingerprint density at radius 2 is 1.60 bits per heavy atom. The van der Waals surface area contributed by atoms with Crippen LogP contribution in [0.4, 0.5) is 0 Å². The maximum Gasteiger partial charge on any atom is 0.311 e. The molecule has 0 unspecified atom stereocenters. The lowest BCUT2D eigenvalue weighted by atomic mass is 10.4. The summed E-state index contributed by atoms with van der Waals surface area (Å²) in [4.78, 5) is -0.179. The number of rotatable bonds is 4. The summed E-state index contributed by atoms with van der Waals surface area (Å²) in [5.74, 6) is -0.390. The largest absolute Gasteiger partial charge is 0.311 e. The minimum atomic E-state index is -4.22. The first-order valence-corrected chi connectivity index (χ1v) is 7.10. The first-order chi connectivity index (χ1) is 6.87. The van der Waals surface area contributed by atoms with Gasteiger partial charge in [-0.25, -0.2) is 0 Å². The van der Waals surface area contributed by atoms with Gasteiger partial charge in [0.05, 0.1) is 10.6 Å². The monoisotopic (exact) mass is 250 g/mol. The van der Waals surface area contributed by atoms with Crippen molar-refractivity contribution in [2.75, 3.05) is 5.75 Å². The van der Waals surface area contributed by atoms with E-state index in [1.54, 1.807) is 6.07 Å². The second kappa shape index (κ2) is 4.30. The third-order valence-corrected chi connectivity index (χ3v) is 4.68. The molecule has 0 saturated carbocycles. The zero-order chi connectivity index (χ0) is 11.5. The predicted octanol–water partition coefficient (Wildman–Crippen LogP) is 0.742. The fourth-order valence-electron chi connectivity index (χ4n) is 0.811. The lowest BCUT2D eigenvalue weighted by Gasteiger charge is -2.03. The van der Waals surface area contributed by atoms with E-state index in [0.29, 0.717) is 0 Å². The van der Waals surface area contributed by atoms with Crippen LogP contribution < -0.4 is 0 Å². The highest BCUT2D eigenvalue weighted by Crippen LogP contribution is 2.14. The van der Waals surface area contributed by atoms with Gasteiger partial charge in [0.25, 0.3) is 10.1 Å². The molecule has 84 valence electrons. The van der Waals surface area contributed by atoms with E-state index in [-0.39, 0.29) is 10.6 Å². The van der Waals surface area contributed by atoms with E-state index in [4.69, 9.17) is 0 Å². The van der Waals surface area contributed by atoms with Gasteiger partial charge in [-0.2, -0.15) is 16.8 Å². The van der Waals surface area contributed by atoms with Crippen molar-refractivity contribution in [3.63, 3.8) is 0 Å². The van der Waals surface area contributed by atoms with E-state index in [1.165, 1.54) is 31.2 Å². The van der Waals surface area contributed by atoms with Crippen molar-refractivity contribution in [3.8, 4) is 0 Å². The summed E-state index contributed by atoms with van der Waals surface area (Å²) in [6, 6.07) is 7.11. The SMILES string of the molecule is CCS(=O)(=O)OS(=O)(=O)c1ccccc1. The highest BCUT2D eigenvalue weighted by molar-refractivity contribution is 7.99. The minimum absolute atomic E-state index is 0.179. The summed E-state index contributed by atoms with van der Waals surface area (Å²) in [6.07, 6.45) is 0. The Hall–Kier alpha value is -0.920. The Bertz CT molecular complexity index is 515. The molecule has 0 spiro atoms. The second-order valence-corrected chi connectivity index (χ2v) is 6.30. The Kier molecular flexibility index (Phi) is 3.48. The van der Waals surface area contributed by atoms with Crippen LogP contribution in [0.1, 0.15) is 6.92 Å². The molecule has 0 heterocycles. The van der Waals surface area contributed by atoms with Crippen molar-refractivity contribution in [2.45, 2.75) is 11.8 Å². The Morgan fingerprint density at radius 3 is 2.07 bits per heavy atom. The molecular weight excluding hydrogens is 240 g/mol. The lowest BCUT2D eigenvalue weighted by Crippen LogP contribution is -2.15. The first-order valence-electron chi connectivity index (χ1n) is 4.11. The van der Waals surface area contributed by atoms with Gasteiger partial charge in [-0.3, -0.25) is 0 Å². The zero-order valence-corrected chi connectivity index (χ0v) is 9.58. The molecule has 0 aliphatic rings. The molecule has 0 atom stereocenters. The summed E-state index contributed by atoms with van der Waals surface area (Å²) < 4.78 is 48.9. The molecule has 1 aromatic carbocycles. The van der Waals surface area contributed by atoms with Gasteiger partial charge in [-0.1, -0.05) is 18.2 Å². The maximum atomic E-state index is 11.4. The van der Waals surface area contributed by atoms with Crippen LogP contribution in [-0.4, -0.2) is 22.6 Å². The minimum Gasteiger partial charge on any atom is -0.198 e. The molecule has 15 heavy (non-hydrogen) atoms. The molecule has 0 aliphatic heterocycles. The molecule has 0 bridgehead atoms. The fraction of sp³-hybridized carbons (Fsp3) is 0.250. The molecule has 0 aromatic heterocycles. The van der Waals surface area contributed by atoms with Crippen LogP contribution in [0.2, 0.25) is 0 Å². The molecule has 0 aliphatic carbocycles. The van der Waals surface area contributed by atoms with Gasteiger partial charge in [0.1, 0.15) is 0 Å². The van der Waals surface area contributed by atoms with Crippen LogP contribution in [0, 0.1) is 0 Å². The van der Waals surface area contributed by atoms with Crippen molar-refractivity contribution < 1.29 is 20.5 Å². The number of hydrogen-bond acceptors (Lipinski definition) is 5. The van der Waals surface area contributed by atoms with Gasteiger partial charge in [0.2, 0.25) is 0 Å². The third kappa shape index (κ3) is 3.29. The standard InChI is InChI=1S/C8H10O5S2/c1-2-14(9,10)13-15(11,12)8-6-4-3-5-7-8/h3-7H,2H2,1H3. The molecule has 0 radical (unpaired) electrons. The van der Waals surface area contributed by atoms with Gasteiger partial charge < -0.3 is 0 Å². The quantitative estimate of drug-likeness (QED) is 0.787. The highest BCUT2D eigenvalue weighted by atomic mass is 32.3. The summed E-state index contributed by atoms with van der Waals surface area (Å²) in [5, 5.41) is 0. The van der Waals surface area contributed by atoms with Crippen LogP contribution >= 0.6 is 0 Å². The van der Waals surface area contributed by atoms with E-state index in [9.17, 15) is 16.8 Å². The molecule has 1 rings (SSSR count). The molecular formula is C8H10O5S2. The Morgan fingerprint density at radius 1 is 1.07 bits per heavy atom. The van der Waals surface area contributed by atoms with Gasteiger partial charge >= 0.3 is 10.1 Å². The van der Waals surface area contributed by atoms with Crippen molar-refractivity contribution in [3.05, 3.63) is 30.3 Å². The molecule has 0 saturated heterocycles. The van der Waals surface area contributed by atoms with E-state index >= 15 is 0 Å². The molecule has 7 heteroatoms. The van der Waals surface area contributed by atoms with Gasteiger partial charge in [0.15, 0.2) is 0 Å². The van der Waals surface area contributed by atoms with Gasteiger partial charge in [-0.15, -0.1) is 3.63 Å². The Labute approximate surface area is 88.9 Å². The van der Waals surface area contributed by atoms with Gasteiger partial charge in [-0.05, 0) is 19.1 Å². The normalized spacial score (nSPS) is 12.6. The number of hydrogen-bond donors (Lipinski definition) is 0. The van der Waals surface area contributed by atoms with E-state index in [2.05, 4.69) is 3.63 Å². The van der Waals surface area contributed by atoms with Crippen LogP contribution in [0.15, 0.2) is 35.2 Å². The van der Waals surface area contributed by atoms with Crippen molar-refractivity contribution in [2.24, 2.45) is 0 Å². The summed E-state index contributed by atoms with van der Waals surface area (Å²) in [7, 11) is -8.23. The molecule has 0 fully saturated rings. The summed E-state index contributed by atoms with van der Waals surface area (Å²) in [5.41, 5.74) is 0. The average molecular weight is 250 g/mol. The van der Waals surface area contributed by atoms with Crippen LogP contribution in [0.3, 0.4) is 0 Å². The molecule has 0 amide bonds. The van der Waals surface area contributed by atoms with Crippen molar-refractivity contribution in [1.29, 1.82) is 0 Å². The fourth-order valence-corrected chi connectivity index (χ4v) is 3.09. The summed E-state index contributed by atoms with van der Waals surface area (Å²) in [6.45, 7) is 1.30. The molecule has 0 N–H and O–H groups in total. The highest BCUT2D eigenvalue weighted by Gasteiger charge is 2.22. The van der Waals surface area contributed by atoms with Crippen LogP contribution in [-0.2, 0) is 23.9 Å². The number of benzene rings is 1. The van der Waals surface area contributed by atoms with E-state index in [1.807, 2.05) is 0 Å². The van der Waals surface area contributed by atoms with E-state index < -0.39 is 20.2 Å².